The molecule has 0 radical (unpaired) electrons. The Labute approximate surface area is 152 Å². The average molecular weight is 341 g/mol. The molecule has 3 rings (SSSR count). The third kappa shape index (κ3) is 3.39. The van der Waals surface area contributed by atoms with Crippen molar-refractivity contribution in [2.75, 3.05) is 19.7 Å². The molecule has 1 aliphatic heterocycles. The number of fused-ring (bicyclic) bond motifs is 1. The molecule has 0 spiro atoms. The minimum Gasteiger partial charge on any atom is -0.478 e. The van der Waals surface area contributed by atoms with E-state index in [4.69, 9.17) is 9.73 Å². The van der Waals surface area contributed by atoms with Crippen molar-refractivity contribution in [1.29, 1.82) is 0 Å². The van der Waals surface area contributed by atoms with Crippen LogP contribution in [0.5, 0.6) is 0 Å². The predicted octanol–water partition coefficient (Wildman–Crippen LogP) is 4.88. The molecule has 1 aromatic carbocycles. The lowest BCUT2D eigenvalue weighted by Crippen LogP contribution is -2.38. The molecule has 2 aliphatic rings. The molecular formula is C22H32N2O. The maximum Gasteiger partial charge on any atom is 0.198 e. The lowest BCUT2D eigenvalue weighted by molar-refractivity contribution is 0.225. The molecule has 3 heteroatoms. The van der Waals surface area contributed by atoms with Crippen LogP contribution in [0.1, 0.15) is 64.6 Å². The zero-order valence-electron chi connectivity index (χ0n) is 16.4. The van der Waals surface area contributed by atoms with Crippen LogP contribution in [-0.4, -0.2) is 36.0 Å². The fraction of sp³-hybridized carbons (Fsp3) is 0.591. The SMILES string of the molecule is CCCN(CCC)[C@H]1C=C[C@](C)(C2=NC(C)(C)CO2)c2ccccc21. The molecule has 0 saturated carbocycles. The van der Waals surface area contributed by atoms with Crippen molar-refractivity contribution in [1.82, 2.24) is 4.90 Å². The number of hydrogen-bond acceptors (Lipinski definition) is 3. The van der Waals surface area contributed by atoms with Crippen LogP contribution in [0.2, 0.25) is 0 Å². The Balaban J connectivity index is 2.03. The van der Waals surface area contributed by atoms with Crippen LogP contribution in [0.3, 0.4) is 0 Å². The molecule has 0 unspecified atom stereocenters. The molecular weight excluding hydrogens is 308 g/mol. The van der Waals surface area contributed by atoms with Crippen LogP contribution in [0.4, 0.5) is 0 Å². The minimum absolute atomic E-state index is 0.131. The number of rotatable bonds is 6. The van der Waals surface area contributed by atoms with Gasteiger partial charge in [-0.05, 0) is 57.8 Å². The summed E-state index contributed by atoms with van der Waals surface area (Å²) in [5.41, 5.74) is 2.32. The molecule has 0 bridgehead atoms. The molecule has 136 valence electrons. The van der Waals surface area contributed by atoms with Crippen molar-refractivity contribution in [3.63, 3.8) is 0 Å². The molecule has 1 heterocycles. The zero-order chi connectivity index (χ0) is 18.1. The van der Waals surface area contributed by atoms with Crippen LogP contribution in [-0.2, 0) is 10.2 Å². The molecule has 1 aromatic rings. The summed E-state index contributed by atoms with van der Waals surface area (Å²) in [6, 6.07) is 9.17. The summed E-state index contributed by atoms with van der Waals surface area (Å²) in [4.78, 5) is 7.48. The van der Waals surface area contributed by atoms with Crippen LogP contribution in [0.15, 0.2) is 41.4 Å². The van der Waals surface area contributed by atoms with Gasteiger partial charge in [0.25, 0.3) is 0 Å². The average Bonchev–Trinajstić information content (AvgIpc) is 2.96. The molecule has 0 N–H and O–H groups in total. The summed E-state index contributed by atoms with van der Waals surface area (Å²) in [6.45, 7) is 13.9. The van der Waals surface area contributed by atoms with Gasteiger partial charge in [0.05, 0.1) is 17.0 Å². The van der Waals surface area contributed by atoms with Gasteiger partial charge in [0.2, 0.25) is 0 Å². The van der Waals surface area contributed by atoms with Gasteiger partial charge in [-0.15, -0.1) is 0 Å². The van der Waals surface area contributed by atoms with Crippen LogP contribution in [0, 0.1) is 0 Å². The number of benzene rings is 1. The normalized spacial score (nSPS) is 27.1. The predicted molar refractivity (Wildman–Crippen MR) is 105 cm³/mol. The monoisotopic (exact) mass is 340 g/mol. The fourth-order valence-electron chi connectivity index (χ4n) is 4.02. The van der Waals surface area contributed by atoms with E-state index in [1.807, 2.05) is 0 Å². The number of hydrogen-bond donors (Lipinski definition) is 0. The van der Waals surface area contributed by atoms with E-state index < -0.39 is 0 Å². The highest BCUT2D eigenvalue weighted by Crippen LogP contribution is 2.42. The molecule has 25 heavy (non-hydrogen) atoms. The maximum atomic E-state index is 6.04. The summed E-state index contributed by atoms with van der Waals surface area (Å²) in [5.74, 6) is 0.859. The van der Waals surface area contributed by atoms with Crippen LogP contribution >= 0.6 is 0 Å². The Morgan fingerprint density at radius 2 is 1.80 bits per heavy atom. The summed E-state index contributed by atoms with van der Waals surface area (Å²) in [6.07, 6.45) is 7.03. The van der Waals surface area contributed by atoms with Gasteiger partial charge in [-0.3, -0.25) is 4.90 Å². The smallest absolute Gasteiger partial charge is 0.198 e. The van der Waals surface area contributed by atoms with E-state index in [1.54, 1.807) is 0 Å². The Bertz CT molecular complexity index is 670. The van der Waals surface area contributed by atoms with Gasteiger partial charge in [0, 0.05) is 0 Å². The third-order valence-corrected chi connectivity index (χ3v) is 5.28. The fourth-order valence-corrected chi connectivity index (χ4v) is 4.02. The summed E-state index contributed by atoms with van der Waals surface area (Å²) < 4.78 is 6.04. The van der Waals surface area contributed by atoms with Crippen molar-refractivity contribution >= 4 is 5.90 Å². The molecule has 1 aliphatic carbocycles. The standard InChI is InChI=1S/C22H32N2O/c1-6-14-24(15-7-2)19-12-13-22(5,18-11-9-8-10-17(18)19)20-23-21(3,4)16-25-20/h8-13,19H,6-7,14-16H2,1-5H3/t19-,22-/m0/s1. The second kappa shape index (κ2) is 6.95. The first kappa shape index (κ1) is 18.2. The first-order chi connectivity index (χ1) is 11.9. The molecule has 0 aromatic heterocycles. The highest BCUT2D eigenvalue weighted by Gasteiger charge is 2.42. The number of ether oxygens (including phenoxy) is 1. The largest absolute Gasteiger partial charge is 0.478 e. The van der Waals surface area contributed by atoms with Gasteiger partial charge in [-0.2, -0.15) is 0 Å². The van der Waals surface area contributed by atoms with E-state index in [2.05, 4.69) is 75.9 Å². The molecule has 2 atom stereocenters. The van der Waals surface area contributed by atoms with Crippen molar-refractivity contribution in [3.05, 3.63) is 47.5 Å². The Morgan fingerprint density at radius 3 is 2.40 bits per heavy atom. The van der Waals surface area contributed by atoms with Gasteiger partial charge in [-0.25, -0.2) is 4.99 Å². The molecule has 0 fully saturated rings. The summed E-state index contributed by atoms with van der Waals surface area (Å²) in [5, 5.41) is 0. The second-order valence-corrected chi connectivity index (χ2v) is 8.15. The number of nitrogens with zero attached hydrogens (tertiary/aromatic N) is 2. The van der Waals surface area contributed by atoms with Gasteiger partial charge >= 0.3 is 0 Å². The topological polar surface area (TPSA) is 24.8 Å². The van der Waals surface area contributed by atoms with E-state index in [9.17, 15) is 0 Å². The van der Waals surface area contributed by atoms with E-state index in [-0.39, 0.29) is 11.0 Å². The number of aliphatic imine (C=N–C) groups is 1. The van der Waals surface area contributed by atoms with Gasteiger partial charge in [0.15, 0.2) is 5.90 Å². The first-order valence-corrected chi connectivity index (χ1v) is 9.67. The Kier molecular flexibility index (Phi) is 5.06. The highest BCUT2D eigenvalue weighted by atomic mass is 16.5. The lowest BCUT2D eigenvalue weighted by Gasteiger charge is -2.39. The van der Waals surface area contributed by atoms with Gasteiger partial charge in [0.1, 0.15) is 6.61 Å². The summed E-state index contributed by atoms with van der Waals surface area (Å²) >= 11 is 0. The molecule has 3 nitrogen and oxygen atoms in total. The first-order valence-electron chi connectivity index (χ1n) is 9.67. The van der Waals surface area contributed by atoms with Crippen LogP contribution in [0.25, 0.3) is 0 Å². The third-order valence-electron chi connectivity index (χ3n) is 5.28. The highest BCUT2D eigenvalue weighted by molar-refractivity contribution is 5.92. The lowest BCUT2D eigenvalue weighted by atomic mass is 9.73. The molecule has 0 amide bonds. The quantitative estimate of drug-likeness (QED) is 0.689. The Morgan fingerprint density at radius 1 is 1.12 bits per heavy atom. The molecule has 0 saturated heterocycles. The van der Waals surface area contributed by atoms with Crippen molar-refractivity contribution in [3.8, 4) is 0 Å². The van der Waals surface area contributed by atoms with Gasteiger partial charge < -0.3 is 4.74 Å². The Hall–Kier alpha value is -1.61. The van der Waals surface area contributed by atoms with E-state index in [0.29, 0.717) is 12.6 Å². The zero-order valence-corrected chi connectivity index (χ0v) is 16.4. The van der Waals surface area contributed by atoms with E-state index in [0.717, 1.165) is 19.0 Å². The minimum atomic E-state index is -0.273. The second-order valence-electron chi connectivity index (χ2n) is 8.15. The van der Waals surface area contributed by atoms with Crippen molar-refractivity contribution in [2.24, 2.45) is 4.99 Å². The maximum absolute atomic E-state index is 6.04. The van der Waals surface area contributed by atoms with E-state index >= 15 is 0 Å². The van der Waals surface area contributed by atoms with Crippen molar-refractivity contribution in [2.45, 2.75) is 64.5 Å². The van der Waals surface area contributed by atoms with E-state index in [1.165, 1.54) is 24.0 Å². The van der Waals surface area contributed by atoms with Gasteiger partial charge in [-0.1, -0.05) is 50.3 Å². The summed E-state index contributed by atoms with van der Waals surface area (Å²) in [7, 11) is 0. The van der Waals surface area contributed by atoms with Crippen molar-refractivity contribution < 1.29 is 4.74 Å². The van der Waals surface area contributed by atoms with Crippen LogP contribution < -0.4 is 0 Å².